The first-order valence-electron chi connectivity index (χ1n) is 8.47. The Morgan fingerprint density at radius 2 is 1.00 bits per heavy atom. The van der Waals surface area contributed by atoms with Gasteiger partial charge >= 0.3 is 0 Å². The van der Waals surface area contributed by atoms with Gasteiger partial charge in [0.1, 0.15) is 28.2 Å². The van der Waals surface area contributed by atoms with Gasteiger partial charge in [-0.3, -0.25) is 0 Å². The fraction of sp³-hybridized carbons (Fsp3) is 0.182. The van der Waals surface area contributed by atoms with Gasteiger partial charge in [0.15, 0.2) is 0 Å². The van der Waals surface area contributed by atoms with Crippen molar-refractivity contribution in [2.24, 2.45) is 0 Å². The molecule has 3 rings (SSSR count). The standard InChI is InChI=1S/C22H24PS.ClH/c1-3-24-19(2)23(20-13-7-4-8-14-20,21-15-9-5-10-16-21)22-17-11-6-12-18-22;/h4-19H,3H2,1-2H3;1H/q+1;/p-1. The average molecular weight is 387 g/mol. The maximum atomic E-state index is 2.41. The van der Waals surface area contributed by atoms with E-state index < -0.39 is 7.26 Å². The van der Waals surface area contributed by atoms with Crippen LogP contribution >= 0.6 is 19.0 Å². The van der Waals surface area contributed by atoms with Gasteiger partial charge in [-0.25, -0.2) is 0 Å². The van der Waals surface area contributed by atoms with Gasteiger partial charge in [-0.2, -0.15) is 0 Å². The van der Waals surface area contributed by atoms with Crippen LogP contribution in [0.2, 0.25) is 0 Å². The molecular weight excluding hydrogens is 363 g/mol. The molecule has 0 heterocycles. The zero-order chi connectivity index (χ0) is 16.8. The summed E-state index contributed by atoms with van der Waals surface area (Å²) >= 11 is 2.07. The van der Waals surface area contributed by atoms with E-state index in [0.29, 0.717) is 4.99 Å². The number of thioether (sulfide) groups is 1. The lowest BCUT2D eigenvalue weighted by molar-refractivity contribution is -0.00000468. The smallest absolute Gasteiger partial charge is 0.126 e. The maximum Gasteiger partial charge on any atom is 0.126 e. The van der Waals surface area contributed by atoms with Crippen LogP contribution in [-0.4, -0.2) is 10.7 Å². The minimum Gasteiger partial charge on any atom is -1.00 e. The molecule has 0 aliphatic heterocycles. The molecule has 0 spiro atoms. The molecule has 0 fully saturated rings. The average Bonchev–Trinajstić information content (AvgIpc) is 2.65. The molecular formula is C22H24ClPS. The fourth-order valence-electron chi connectivity index (χ4n) is 3.42. The van der Waals surface area contributed by atoms with Crippen LogP contribution in [-0.2, 0) is 0 Å². The van der Waals surface area contributed by atoms with Crippen molar-refractivity contribution in [3.63, 3.8) is 0 Å². The van der Waals surface area contributed by atoms with Gasteiger partial charge in [0, 0.05) is 0 Å². The minimum atomic E-state index is -1.70. The monoisotopic (exact) mass is 386 g/mol. The highest BCUT2D eigenvalue weighted by molar-refractivity contribution is 8.14. The number of hydrogen-bond acceptors (Lipinski definition) is 1. The molecule has 25 heavy (non-hydrogen) atoms. The summed E-state index contributed by atoms with van der Waals surface area (Å²) in [7, 11) is -1.70. The van der Waals surface area contributed by atoms with E-state index in [0.717, 1.165) is 5.75 Å². The van der Waals surface area contributed by atoms with E-state index in [1.807, 2.05) is 0 Å². The van der Waals surface area contributed by atoms with Crippen molar-refractivity contribution >= 4 is 34.9 Å². The first kappa shape index (κ1) is 20.0. The molecule has 0 aliphatic rings. The van der Waals surface area contributed by atoms with E-state index in [1.165, 1.54) is 15.9 Å². The van der Waals surface area contributed by atoms with Crippen molar-refractivity contribution in [1.82, 2.24) is 0 Å². The van der Waals surface area contributed by atoms with Gasteiger partial charge in [-0.15, -0.1) is 11.8 Å². The number of rotatable bonds is 6. The molecule has 0 saturated heterocycles. The zero-order valence-corrected chi connectivity index (χ0v) is 17.1. The largest absolute Gasteiger partial charge is 1.00 e. The molecule has 0 bridgehead atoms. The van der Waals surface area contributed by atoms with Crippen molar-refractivity contribution in [2.75, 3.05) is 5.75 Å². The first-order valence-corrected chi connectivity index (χ1v) is 11.4. The van der Waals surface area contributed by atoms with Crippen molar-refractivity contribution in [2.45, 2.75) is 18.8 Å². The topological polar surface area (TPSA) is 0 Å². The normalized spacial score (nSPS) is 12.2. The fourth-order valence-corrected chi connectivity index (χ4v) is 10.4. The van der Waals surface area contributed by atoms with E-state index in [9.17, 15) is 0 Å². The number of benzene rings is 3. The Kier molecular flexibility index (Phi) is 7.56. The van der Waals surface area contributed by atoms with Gasteiger partial charge < -0.3 is 12.4 Å². The molecule has 0 aromatic heterocycles. The molecule has 3 aromatic rings. The molecule has 0 N–H and O–H groups in total. The van der Waals surface area contributed by atoms with Crippen LogP contribution in [0.3, 0.4) is 0 Å². The second-order valence-electron chi connectivity index (χ2n) is 5.78. The molecule has 0 radical (unpaired) electrons. The van der Waals surface area contributed by atoms with Crippen LogP contribution in [0.25, 0.3) is 0 Å². The summed E-state index contributed by atoms with van der Waals surface area (Å²) in [6.45, 7) is 4.67. The highest BCUT2D eigenvalue weighted by Crippen LogP contribution is 2.62. The number of hydrogen-bond donors (Lipinski definition) is 0. The molecule has 3 heteroatoms. The summed E-state index contributed by atoms with van der Waals surface area (Å²) in [5, 5.41) is 4.41. The van der Waals surface area contributed by atoms with Crippen molar-refractivity contribution in [3.05, 3.63) is 91.0 Å². The van der Waals surface area contributed by atoms with Gasteiger partial charge in [0.25, 0.3) is 0 Å². The Morgan fingerprint density at radius 3 is 1.28 bits per heavy atom. The second-order valence-corrected chi connectivity index (χ2v) is 11.5. The summed E-state index contributed by atoms with van der Waals surface area (Å²) < 4.78 is 0. The van der Waals surface area contributed by atoms with Gasteiger partial charge in [-0.1, -0.05) is 61.5 Å². The van der Waals surface area contributed by atoms with E-state index >= 15 is 0 Å². The third-order valence-electron chi connectivity index (χ3n) is 4.44. The summed E-state index contributed by atoms with van der Waals surface area (Å²) in [6.07, 6.45) is 0. The molecule has 130 valence electrons. The van der Waals surface area contributed by atoms with Gasteiger partial charge in [-0.05, 0) is 49.1 Å². The number of halogens is 1. The second kappa shape index (κ2) is 9.43. The Balaban J connectivity index is 0.00000225. The summed E-state index contributed by atoms with van der Waals surface area (Å²) in [6, 6.07) is 33.3. The Morgan fingerprint density at radius 1 is 0.680 bits per heavy atom. The first-order chi connectivity index (χ1) is 11.8. The minimum absolute atomic E-state index is 0. The third kappa shape index (κ3) is 3.95. The lowest BCUT2D eigenvalue weighted by Gasteiger charge is -2.32. The van der Waals surface area contributed by atoms with Gasteiger partial charge in [0.05, 0.1) is 0 Å². The van der Waals surface area contributed by atoms with E-state index in [1.54, 1.807) is 0 Å². The lowest BCUT2D eigenvalue weighted by atomic mass is 10.4. The summed E-state index contributed by atoms with van der Waals surface area (Å²) in [5.74, 6) is 1.13. The van der Waals surface area contributed by atoms with Crippen molar-refractivity contribution < 1.29 is 12.4 Å². The lowest BCUT2D eigenvalue weighted by Crippen LogP contribution is -3.00. The van der Waals surface area contributed by atoms with Crippen molar-refractivity contribution in [1.29, 1.82) is 0 Å². The zero-order valence-electron chi connectivity index (χ0n) is 14.7. The quantitative estimate of drug-likeness (QED) is 0.584. The van der Waals surface area contributed by atoms with Crippen LogP contribution < -0.4 is 28.3 Å². The van der Waals surface area contributed by atoms with Crippen LogP contribution in [0.5, 0.6) is 0 Å². The SMILES string of the molecule is CCSC(C)[P+](c1ccccc1)(c1ccccc1)c1ccccc1.[Cl-]. The predicted octanol–water partition coefficient (Wildman–Crippen LogP) is 2.08. The Bertz CT molecular complexity index is 650. The molecule has 0 aliphatic carbocycles. The van der Waals surface area contributed by atoms with Gasteiger partial charge in [0.2, 0.25) is 0 Å². The molecule has 0 nitrogen and oxygen atoms in total. The van der Waals surface area contributed by atoms with E-state index in [4.69, 9.17) is 0 Å². The van der Waals surface area contributed by atoms with Crippen molar-refractivity contribution in [3.8, 4) is 0 Å². The highest BCUT2D eigenvalue weighted by Gasteiger charge is 2.50. The molecule has 1 unspecified atom stereocenters. The van der Waals surface area contributed by atoms with E-state index in [-0.39, 0.29) is 12.4 Å². The molecule has 0 amide bonds. The molecule has 3 aromatic carbocycles. The van der Waals surface area contributed by atoms with Crippen LogP contribution in [0.1, 0.15) is 13.8 Å². The van der Waals surface area contributed by atoms with Crippen LogP contribution in [0.15, 0.2) is 91.0 Å². The Labute approximate surface area is 162 Å². The molecule has 1 atom stereocenters. The summed E-state index contributed by atoms with van der Waals surface area (Å²) in [5.41, 5.74) is 0. The predicted molar refractivity (Wildman–Crippen MR) is 113 cm³/mol. The summed E-state index contributed by atoms with van der Waals surface area (Å²) in [4.78, 5) is 0.537. The Hall–Kier alpha value is -1.27. The van der Waals surface area contributed by atoms with Crippen LogP contribution in [0, 0.1) is 0 Å². The maximum absolute atomic E-state index is 2.41. The van der Waals surface area contributed by atoms with E-state index in [2.05, 4.69) is 117 Å². The van der Waals surface area contributed by atoms with Crippen LogP contribution in [0.4, 0.5) is 0 Å². The third-order valence-corrected chi connectivity index (χ3v) is 11.1. The molecule has 0 saturated carbocycles. The highest BCUT2D eigenvalue weighted by atomic mass is 35.5.